The third-order valence-electron chi connectivity index (χ3n) is 2.49. The van der Waals surface area contributed by atoms with Crippen molar-refractivity contribution in [3.8, 4) is 0 Å². The molecule has 1 amide bonds. The van der Waals surface area contributed by atoms with Gasteiger partial charge >= 0.3 is 0 Å². The van der Waals surface area contributed by atoms with Crippen molar-refractivity contribution in [3.05, 3.63) is 0 Å². The van der Waals surface area contributed by atoms with Crippen molar-refractivity contribution < 1.29 is 9.53 Å². The van der Waals surface area contributed by atoms with Crippen LogP contribution < -0.4 is 5.73 Å². The number of amides is 1. The van der Waals surface area contributed by atoms with Crippen LogP contribution in [0, 0.1) is 11.3 Å². The number of hydrogen-bond acceptors (Lipinski definition) is 2. The Bertz CT molecular complexity index is 240. The van der Waals surface area contributed by atoms with Crippen molar-refractivity contribution >= 4 is 5.91 Å². The summed E-state index contributed by atoms with van der Waals surface area (Å²) in [7, 11) is 0. The molecule has 0 heterocycles. The summed E-state index contributed by atoms with van der Waals surface area (Å²) in [6.45, 7) is 18.3. The molecule has 0 aromatic rings. The molecule has 0 fully saturated rings. The van der Waals surface area contributed by atoms with Crippen LogP contribution in [-0.2, 0) is 9.53 Å². The highest BCUT2D eigenvalue weighted by Crippen LogP contribution is 2.29. The molecule has 0 bridgehead atoms. The summed E-state index contributed by atoms with van der Waals surface area (Å²) in [6, 6.07) is 0. The summed E-state index contributed by atoms with van der Waals surface area (Å²) < 4.78 is 5.92. The van der Waals surface area contributed by atoms with Gasteiger partial charge in [0.25, 0.3) is 0 Å². The van der Waals surface area contributed by atoms with Crippen LogP contribution in [0.2, 0.25) is 0 Å². The van der Waals surface area contributed by atoms with E-state index in [2.05, 4.69) is 54.2 Å². The van der Waals surface area contributed by atoms with Crippen LogP contribution in [-0.4, -0.2) is 18.1 Å². The van der Waals surface area contributed by atoms with Gasteiger partial charge in [0.1, 0.15) is 0 Å². The molecule has 0 atom stereocenters. The molecule has 19 heavy (non-hydrogen) atoms. The van der Waals surface area contributed by atoms with Gasteiger partial charge < -0.3 is 10.5 Å². The Hall–Kier alpha value is -0.570. The summed E-state index contributed by atoms with van der Waals surface area (Å²) >= 11 is 0. The van der Waals surface area contributed by atoms with Gasteiger partial charge in [-0.2, -0.15) is 0 Å². The van der Waals surface area contributed by atoms with E-state index in [0.29, 0.717) is 11.8 Å². The highest BCUT2D eigenvalue weighted by atomic mass is 16.5. The van der Waals surface area contributed by atoms with Gasteiger partial charge in [-0.1, -0.05) is 41.5 Å². The monoisotopic (exact) mass is 273 g/mol. The van der Waals surface area contributed by atoms with Crippen LogP contribution in [0.1, 0.15) is 74.7 Å². The Labute approximate surface area is 120 Å². The van der Waals surface area contributed by atoms with E-state index < -0.39 is 0 Å². The lowest BCUT2D eigenvalue weighted by atomic mass is 9.83. The van der Waals surface area contributed by atoms with E-state index in [9.17, 15) is 4.79 Å². The van der Waals surface area contributed by atoms with Crippen LogP contribution in [0.4, 0.5) is 0 Å². The van der Waals surface area contributed by atoms with Gasteiger partial charge in [-0.25, -0.2) is 0 Å². The average Bonchev–Trinajstić information content (AvgIpc) is 2.13. The molecule has 0 aromatic heterocycles. The Morgan fingerprint density at radius 3 is 1.84 bits per heavy atom. The summed E-state index contributed by atoms with van der Waals surface area (Å²) in [4.78, 5) is 9.59. The minimum absolute atomic E-state index is 0.0210. The largest absolute Gasteiger partial charge is 0.376 e. The zero-order valence-corrected chi connectivity index (χ0v) is 14.3. The maximum atomic E-state index is 9.59. The van der Waals surface area contributed by atoms with Crippen LogP contribution in [0.25, 0.3) is 0 Å². The molecule has 0 aliphatic rings. The lowest BCUT2D eigenvalue weighted by Crippen LogP contribution is -2.30. The molecule has 0 saturated heterocycles. The van der Waals surface area contributed by atoms with Crippen LogP contribution in [0.5, 0.6) is 0 Å². The third kappa shape index (κ3) is 19.9. The van der Waals surface area contributed by atoms with E-state index in [4.69, 9.17) is 4.74 Å². The summed E-state index contributed by atoms with van der Waals surface area (Å²) in [5, 5.41) is 0. The van der Waals surface area contributed by atoms with Gasteiger partial charge in [0, 0.05) is 13.0 Å². The molecule has 2 N–H and O–H groups in total. The molecule has 0 saturated carbocycles. The predicted octanol–water partition coefficient (Wildman–Crippen LogP) is 4.15. The van der Waals surface area contributed by atoms with Crippen molar-refractivity contribution in [1.29, 1.82) is 0 Å². The molecule has 0 spiro atoms. The average molecular weight is 273 g/mol. The minimum atomic E-state index is -0.245. The molecule has 0 unspecified atom stereocenters. The van der Waals surface area contributed by atoms with Crippen LogP contribution >= 0.6 is 0 Å². The van der Waals surface area contributed by atoms with Gasteiger partial charge in [-0.3, -0.25) is 4.79 Å². The third-order valence-corrected chi connectivity index (χ3v) is 2.49. The summed E-state index contributed by atoms with van der Waals surface area (Å²) in [5.41, 5.74) is 5.02. The lowest BCUT2D eigenvalue weighted by molar-refractivity contribution is -0.117. The highest BCUT2D eigenvalue weighted by Gasteiger charge is 2.25. The molecule has 0 radical (unpaired) electrons. The first-order valence-electron chi connectivity index (χ1n) is 7.32. The number of ether oxygens (including phenoxy) is 1. The first kappa shape index (κ1) is 20.7. The van der Waals surface area contributed by atoms with E-state index in [1.165, 1.54) is 0 Å². The maximum Gasteiger partial charge on any atom is 0.217 e. The number of carbonyl (C=O) groups is 1. The van der Waals surface area contributed by atoms with Crippen molar-refractivity contribution in [2.45, 2.75) is 80.3 Å². The summed E-state index contributed by atoms with van der Waals surface area (Å²) in [6.07, 6.45) is 2.71. The second-order valence-corrected chi connectivity index (χ2v) is 7.35. The van der Waals surface area contributed by atoms with E-state index in [1.54, 1.807) is 6.92 Å². The number of carbonyl (C=O) groups excluding carboxylic acids is 1. The number of hydrogen-bond donors (Lipinski definition) is 1. The molecule has 0 aromatic carbocycles. The fourth-order valence-corrected chi connectivity index (χ4v) is 1.90. The Morgan fingerprint density at radius 1 is 1.16 bits per heavy atom. The summed E-state index contributed by atoms with van der Waals surface area (Å²) in [5.74, 6) is 0.491. The second kappa shape index (κ2) is 9.35. The van der Waals surface area contributed by atoms with E-state index in [-0.39, 0.29) is 11.5 Å². The molecule has 0 rings (SSSR count). The van der Waals surface area contributed by atoms with E-state index in [0.717, 1.165) is 25.4 Å². The zero-order chi connectivity index (χ0) is 15.7. The smallest absolute Gasteiger partial charge is 0.217 e. The van der Waals surface area contributed by atoms with E-state index in [1.807, 2.05) is 0 Å². The van der Waals surface area contributed by atoms with Crippen molar-refractivity contribution in [2.75, 3.05) is 6.61 Å². The first-order chi connectivity index (χ1) is 8.39. The fourth-order valence-electron chi connectivity index (χ4n) is 1.90. The minimum Gasteiger partial charge on any atom is -0.376 e. The van der Waals surface area contributed by atoms with Gasteiger partial charge in [0.05, 0.1) is 5.60 Å². The molecule has 116 valence electrons. The number of primary amides is 1. The number of rotatable bonds is 6. The Balaban J connectivity index is 0. The molecule has 0 aliphatic heterocycles. The first-order valence-corrected chi connectivity index (χ1v) is 7.32. The Morgan fingerprint density at radius 2 is 1.58 bits per heavy atom. The van der Waals surface area contributed by atoms with Crippen molar-refractivity contribution in [3.63, 3.8) is 0 Å². The quantitative estimate of drug-likeness (QED) is 0.790. The van der Waals surface area contributed by atoms with E-state index >= 15 is 0 Å². The standard InChI is InChI=1S/C13H28O.C3H7NO/c1-11(2)8-9-14-13(6,7)10-12(3,4)5;1-2-3(4)5/h11H,8-10H2,1-7H3;2H2,1H3,(H2,4,5). The SMILES string of the molecule is CC(C)CCOC(C)(C)CC(C)(C)C.CCC(N)=O. The number of nitrogens with two attached hydrogens (primary N) is 1. The normalized spacial score (nSPS) is 12.1. The topological polar surface area (TPSA) is 52.3 Å². The Kier molecular flexibility index (Phi) is 10.2. The van der Waals surface area contributed by atoms with Crippen LogP contribution in [0.15, 0.2) is 0 Å². The lowest BCUT2D eigenvalue weighted by Gasteiger charge is -2.32. The molecular weight excluding hydrogens is 238 g/mol. The zero-order valence-electron chi connectivity index (χ0n) is 14.3. The maximum absolute atomic E-state index is 9.59. The van der Waals surface area contributed by atoms with Crippen molar-refractivity contribution in [2.24, 2.45) is 17.1 Å². The molecule has 0 aliphatic carbocycles. The second-order valence-electron chi connectivity index (χ2n) is 7.35. The molecule has 3 nitrogen and oxygen atoms in total. The fraction of sp³-hybridized carbons (Fsp3) is 0.938. The van der Waals surface area contributed by atoms with Gasteiger partial charge in [0.2, 0.25) is 5.91 Å². The van der Waals surface area contributed by atoms with Crippen LogP contribution in [0.3, 0.4) is 0 Å². The van der Waals surface area contributed by atoms with Gasteiger partial charge in [-0.05, 0) is 38.0 Å². The predicted molar refractivity (Wildman–Crippen MR) is 83.0 cm³/mol. The highest BCUT2D eigenvalue weighted by molar-refractivity contribution is 5.73. The molecule has 3 heteroatoms. The van der Waals surface area contributed by atoms with Crippen molar-refractivity contribution in [1.82, 2.24) is 0 Å². The van der Waals surface area contributed by atoms with Gasteiger partial charge in [-0.15, -0.1) is 0 Å². The van der Waals surface area contributed by atoms with Gasteiger partial charge in [0.15, 0.2) is 0 Å². The molecular formula is C16H35NO2.